The third-order valence-corrected chi connectivity index (χ3v) is 4.88. The van der Waals surface area contributed by atoms with Crippen molar-refractivity contribution < 1.29 is 23.9 Å². The molecule has 2 aliphatic heterocycles. The third kappa shape index (κ3) is 3.77. The van der Waals surface area contributed by atoms with E-state index in [1.54, 1.807) is 17.0 Å². The fourth-order valence-electron chi connectivity index (χ4n) is 2.91. The number of amides is 1. The molecule has 1 amide bonds. The van der Waals surface area contributed by atoms with Crippen molar-refractivity contribution in [1.82, 2.24) is 4.90 Å². The van der Waals surface area contributed by atoms with Gasteiger partial charge in [0.2, 0.25) is 6.10 Å². The van der Waals surface area contributed by atoms with Crippen LogP contribution in [0.5, 0.6) is 0 Å². The minimum Gasteiger partial charge on any atom is -0.463 e. The minimum atomic E-state index is -0.764. The van der Waals surface area contributed by atoms with Gasteiger partial charge in [-0.05, 0) is 37.1 Å². The number of carbonyl (C=O) groups is 3. The van der Waals surface area contributed by atoms with Crippen molar-refractivity contribution in [2.75, 3.05) is 19.7 Å². The van der Waals surface area contributed by atoms with E-state index < -0.39 is 12.1 Å². The third-order valence-electron chi connectivity index (χ3n) is 4.35. The van der Waals surface area contributed by atoms with Crippen LogP contribution in [0.4, 0.5) is 0 Å². The summed E-state index contributed by atoms with van der Waals surface area (Å²) in [6.07, 6.45) is 0.747. The zero-order chi connectivity index (χ0) is 17.1. The summed E-state index contributed by atoms with van der Waals surface area (Å²) in [5.41, 5.74) is 0.632. The molecule has 2 aliphatic rings. The molecule has 0 saturated carbocycles. The number of hydrogen-bond donors (Lipinski definition) is 0. The van der Waals surface area contributed by atoms with Crippen molar-refractivity contribution in [1.29, 1.82) is 0 Å². The molecule has 2 heterocycles. The predicted octanol–water partition coefficient (Wildman–Crippen LogP) is 2.16. The summed E-state index contributed by atoms with van der Waals surface area (Å²) < 4.78 is 10.9. The van der Waals surface area contributed by atoms with Crippen LogP contribution in [0.2, 0.25) is 0 Å². The van der Waals surface area contributed by atoms with Gasteiger partial charge in [-0.15, -0.1) is 0 Å². The molecule has 24 heavy (non-hydrogen) atoms. The molecule has 0 aromatic heterocycles. The minimum absolute atomic E-state index is 0.0336. The van der Waals surface area contributed by atoms with Crippen LogP contribution in [0.3, 0.4) is 0 Å². The molecule has 2 fully saturated rings. The monoisotopic (exact) mass is 395 g/mol. The molecule has 3 rings (SSSR count). The van der Waals surface area contributed by atoms with Crippen molar-refractivity contribution in [2.45, 2.75) is 25.4 Å². The number of carbonyl (C=O) groups excluding carboxylic acids is 3. The first-order chi connectivity index (χ1) is 11.5. The number of halogens is 1. The Hall–Kier alpha value is -1.89. The van der Waals surface area contributed by atoms with E-state index in [-0.39, 0.29) is 17.8 Å². The number of nitrogens with zero attached hydrogens (tertiary/aromatic N) is 1. The van der Waals surface area contributed by atoms with Gasteiger partial charge in [0.25, 0.3) is 5.91 Å². The van der Waals surface area contributed by atoms with E-state index in [1.165, 1.54) is 0 Å². The zero-order valence-electron chi connectivity index (χ0n) is 13.1. The Balaban J connectivity index is 1.51. The highest BCUT2D eigenvalue weighted by Gasteiger charge is 2.34. The first-order valence-electron chi connectivity index (χ1n) is 7.96. The summed E-state index contributed by atoms with van der Waals surface area (Å²) >= 11 is 3.35. The fraction of sp³-hybridized carbons (Fsp3) is 0.471. The van der Waals surface area contributed by atoms with Crippen LogP contribution in [-0.2, 0) is 19.1 Å². The van der Waals surface area contributed by atoms with E-state index in [0.717, 1.165) is 4.47 Å². The van der Waals surface area contributed by atoms with Crippen molar-refractivity contribution in [2.24, 2.45) is 5.92 Å². The van der Waals surface area contributed by atoms with Gasteiger partial charge in [0.05, 0.1) is 12.5 Å². The Labute approximate surface area is 148 Å². The van der Waals surface area contributed by atoms with Gasteiger partial charge >= 0.3 is 11.9 Å². The molecule has 2 saturated heterocycles. The van der Waals surface area contributed by atoms with Gasteiger partial charge in [-0.3, -0.25) is 9.59 Å². The number of cyclic esters (lactones) is 1. The predicted molar refractivity (Wildman–Crippen MR) is 88.2 cm³/mol. The second kappa shape index (κ2) is 7.34. The van der Waals surface area contributed by atoms with E-state index in [9.17, 15) is 14.4 Å². The van der Waals surface area contributed by atoms with Crippen molar-refractivity contribution >= 4 is 33.8 Å². The van der Waals surface area contributed by atoms with Gasteiger partial charge in [0.1, 0.15) is 0 Å². The molecular formula is C17H18BrNO5. The second-order valence-electron chi connectivity index (χ2n) is 5.96. The van der Waals surface area contributed by atoms with E-state index in [0.29, 0.717) is 44.5 Å². The average Bonchev–Trinajstić information content (AvgIpc) is 3.00. The van der Waals surface area contributed by atoms with Gasteiger partial charge in [0.15, 0.2) is 0 Å². The Morgan fingerprint density at radius 3 is 2.38 bits per heavy atom. The lowest BCUT2D eigenvalue weighted by atomic mass is 9.96. The molecule has 6 nitrogen and oxygen atoms in total. The van der Waals surface area contributed by atoms with E-state index in [1.807, 2.05) is 12.1 Å². The van der Waals surface area contributed by atoms with Crippen molar-refractivity contribution in [3.05, 3.63) is 34.3 Å². The lowest BCUT2D eigenvalue weighted by molar-refractivity contribution is -0.164. The molecule has 0 N–H and O–H groups in total. The van der Waals surface area contributed by atoms with Crippen LogP contribution in [0.1, 0.15) is 29.6 Å². The van der Waals surface area contributed by atoms with Gasteiger partial charge in [0, 0.05) is 29.5 Å². The molecule has 0 bridgehead atoms. The Kier molecular flexibility index (Phi) is 5.18. The number of esters is 2. The highest BCUT2D eigenvalue weighted by atomic mass is 79.9. The zero-order valence-corrected chi connectivity index (χ0v) is 14.7. The maximum Gasteiger partial charge on any atom is 0.347 e. The smallest absolute Gasteiger partial charge is 0.347 e. The van der Waals surface area contributed by atoms with Crippen LogP contribution in [0.25, 0.3) is 0 Å². The summed E-state index contributed by atoms with van der Waals surface area (Å²) in [4.78, 5) is 37.7. The van der Waals surface area contributed by atoms with Crippen LogP contribution in [-0.4, -0.2) is 48.5 Å². The maximum absolute atomic E-state index is 12.4. The SMILES string of the molecule is O=C(O[C@@H]1CCOC1=O)C1CCN(C(=O)c2ccc(Br)cc2)CC1. The van der Waals surface area contributed by atoms with Crippen LogP contribution >= 0.6 is 15.9 Å². The van der Waals surface area contributed by atoms with Crippen LogP contribution < -0.4 is 0 Å². The average molecular weight is 396 g/mol. The summed E-state index contributed by atoms with van der Waals surface area (Å²) in [5, 5.41) is 0. The van der Waals surface area contributed by atoms with Gasteiger partial charge < -0.3 is 14.4 Å². The fourth-order valence-corrected chi connectivity index (χ4v) is 3.18. The molecule has 0 aliphatic carbocycles. The quantitative estimate of drug-likeness (QED) is 0.733. The number of ether oxygens (including phenoxy) is 2. The normalized spacial score (nSPS) is 21.5. The number of likely N-dealkylation sites (tertiary alicyclic amines) is 1. The summed E-state index contributed by atoms with van der Waals surface area (Å²) in [5.74, 6) is -1.14. The molecular weight excluding hydrogens is 378 g/mol. The number of hydrogen-bond acceptors (Lipinski definition) is 5. The molecule has 1 atom stereocenters. The maximum atomic E-state index is 12.4. The lowest BCUT2D eigenvalue weighted by Crippen LogP contribution is -2.41. The van der Waals surface area contributed by atoms with Gasteiger partial charge in [-0.25, -0.2) is 4.79 Å². The lowest BCUT2D eigenvalue weighted by Gasteiger charge is -2.31. The number of benzene rings is 1. The summed E-state index contributed by atoms with van der Waals surface area (Å²) in [6.45, 7) is 1.31. The van der Waals surface area contributed by atoms with Gasteiger partial charge in [-0.1, -0.05) is 15.9 Å². The van der Waals surface area contributed by atoms with E-state index >= 15 is 0 Å². The molecule has 1 aromatic carbocycles. The summed E-state index contributed by atoms with van der Waals surface area (Å²) in [6, 6.07) is 7.22. The number of piperidine rings is 1. The highest BCUT2D eigenvalue weighted by molar-refractivity contribution is 9.10. The Bertz CT molecular complexity index is 637. The van der Waals surface area contributed by atoms with E-state index in [4.69, 9.17) is 9.47 Å². The molecule has 1 aromatic rings. The molecule has 128 valence electrons. The first kappa shape index (κ1) is 17.0. The van der Waals surface area contributed by atoms with Crippen molar-refractivity contribution in [3.63, 3.8) is 0 Å². The number of rotatable bonds is 3. The second-order valence-corrected chi connectivity index (χ2v) is 6.87. The Morgan fingerprint density at radius 2 is 1.79 bits per heavy atom. The topological polar surface area (TPSA) is 72.9 Å². The molecule has 0 spiro atoms. The molecule has 0 radical (unpaired) electrons. The van der Waals surface area contributed by atoms with Crippen LogP contribution in [0, 0.1) is 5.92 Å². The molecule has 0 unspecified atom stereocenters. The van der Waals surface area contributed by atoms with Crippen LogP contribution in [0.15, 0.2) is 28.7 Å². The highest BCUT2D eigenvalue weighted by Crippen LogP contribution is 2.23. The summed E-state index contributed by atoms with van der Waals surface area (Å²) in [7, 11) is 0. The Morgan fingerprint density at radius 1 is 1.12 bits per heavy atom. The molecule has 7 heteroatoms. The first-order valence-corrected chi connectivity index (χ1v) is 8.76. The van der Waals surface area contributed by atoms with E-state index in [2.05, 4.69) is 15.9 Å². The van der Waals surface area contributed by atoms with Crippen molar-refractivity contribution in [3.8, 4) is 0 Å². The standard InChI is InChI=1S/C17H18BrNO5/c18-13-3-1-11(2-4-13)15(20)19-8-5-12(6-9-19)16(21)24-14-7-10-23-17(14)22/h1-4,12,14H,5-10H2/t14-/m1/s1. The van der Waals surface area contributed by atoms with Gasteiger partial charge in [-0.2, -0.15) is 0 Å². The largest absolute Gasteiger partial charge is 0.463 e.